The predicted octanol–water partition coefficient (Wildman–Crippen LogP) is 2.89. The predicted molar refractivity (Wildman–Crippen MR) is 61.7 cm³/mol. The maximum Gasteiger partial charge on any atom is 0.149 e. The summed E-state index contributed by atoms with van der Waals surface area (Å²) >= 11 is 0. The van der Waals surface area contributed by atoms with Crippen molar-refractivity contribution in [1.82, 2.24) is 0 Å². The van der Waals surface area contributed by atoms with Gasteiger partial charge < -0.3 is 4.74 Å². The molecular formula is C13H20O2. The highest BCUT2D eigenvalue weighted by Crippen LogP contribution is 2.40. The van der Waals surface area contributed by atoms with E-state index in [1.165, 1.54) is 0 Å². The molecule has 0 spiro atoms. The van der Waals surface area contributed by atoms with Crippen LogP contribution in [0.25, 0.3) is 0 Å². The van der Waals surface area contributed by atoms with Gasteiger partial charge in [-0.25, -0.2) is 0 Å². The van der Waals surface area contributed by atoms with E-state index >= 15 is 0 Å². The number of methoxy groups -OCH3 is 1. The van der Waals surface area contributed by atoms with Gasteiger partial charge in [0, 0.05) is 13.5 Å². The van der Waals surface area contributed by atoms with Crippen molar-refractivity contribution in [3.8, 4) is 0 Å². The van der Waals surface area contributed by atoms with Crippen LogP contribution in [-0.4, -0.2) is 19.5 Å². The second-order valence-corrected chi connectivity index (χ2v) is 4.13. The van der Waals surface area contributed by atoms with E-state index in [0.717, 1.165) is 17.6 Å². The molecule has 0 aromatic rings. The van der Waals surface area contributed by atoms with Crippen molar-refractivity contribution in [2.45, 2.75) is 33.6 Å². The van der Waals surface area contributed by atoms with Gasteiger partial charge in [-0.3, -0.25) is 4.79 Å². The lowest BCUT2D eigenvalue weighted by molar-refractivity contribution is -0.127. The molecule has 0 N–H and O–H groups in total. The van der Waals surface area contributed by atoms with Crippen molar-refractivity contribution in [1.29, 1.82) is 0 Å². The lowest BCUT2D eigenvalue weighted by atomic mass is 9.68. The minimum absolute atomic E-state index is 0.256. The zero-order chi connectivity index (χ0) is 11.5. The summed E-state index contributed by atoms with van der Waals surface area (Å²) in [6.07, 6.45) is 5.74. The summed E-state index contributed by atoms with van der Waals surface area (Å²) in [5.74, 6) is 0.256. The van der Waals surface area contributed by atoms with Crippen molar-refractivity contribution >= 4 is 5.78 Å². The Morgan fingerprint density at radius 1 is 1.40 bits per heavy atom. The SMILES string of the molecule is CCC(=O)C1(COC)C(C)=CCC=C1C. The summed E-state index contributed by atoms with van der Waals surface area (Å²) in [5, 5.41) is 0. The fraction of sp³-hybridized carbons (Fsp3) is 0.615. The maximum atomic E-state index is 12.1. The number of ketones is 1. The molecule has 0 aromatic carbocycles. The van der Waals surface area contributed by atoms with Crippen LogP contribution in [0.4, 0.5) is 0 Å². The first-order valence-electron chi connectivity index (χ1n) is 5.46. The number of carbonyl (C=O) groups is 1. The van der Waals surface area contributed by atoms with Crippen molar-refractivity contribution in [3.05, 3.63) is 23.3 Å². The second-order valence-electron chi connectivity index (χ2n) is 4.13. The Hall–Kier alpha value is -0.890. The Morgan fingerprint density at radius 2 is 1.93 bits per heavy atom. The number of hydrogen-bond acceptors (Lipinski definition) is 2. The van der Waals surface area contributed by atoms with E-state index in [0.29, 0.717) is 13.0 Å². The van der Waals surface area contributed by atoms with Crippen LogP contribution in [0.5, 0.6) is 0 Å². The second kappa shape index (κ2) is 4.75. The zero-order valence-electron chi connectivity index (χ0n) is 10.1. The molecule has 0 saturated carbocycles. The lowest BCUT2D eigenvalue weighted by Gasteiger charge is -2.36. The Bertz CT molecular complexity index is 292. The quantitative estimate of drug-likeness (QED) is 0.664. The Labute approximate surface area is 92.0 Å². The van der Waals surface area contributed by atoms with Gasteiger partial charge in [0.1, 0.15) is 5.78 Å². The molecule has 0 radical (unpaired) electrons. The molecular weight excluding hydrogens is 188 g/mol. The van der Waals surface area contributed by atoms with Crippen LogP contribution < -0.4 is 0 Å². The largest absolute Gasteiger partial charge is 0.383 e. The van der Waals surface area contributed by atoms with Crippen LogP contribution in [0, 0.1) is 5.41 Å². The van der Waals surface area contributed by atoms with E-state index < -0.39 is 5.41 Å². The zero-order valence-corrected chi connectivity index (χ0v) is 10.1. The van der Waals surface area contributed by atoms with Crippen LogP contribution in [-0.2, 0) is 9.53 Å². The molecule has 0 saturated heterocycles. The molecule has 2 nitrogen and oxygen atoms in total. The average molecular weight is 208 g/mol. The van der Waals surface area contributed by atoms with Gasteiger partial charge in [0.15, 0.2) is 0 Å². The van der Waals surface area contributed by atoms with E-state index in [9.17, 15) is 4.79 Å². The number of Topliss-reactive ketones (excluding diaryl/α,β-unsaturated/α-hetero) is 1. The molecule has 0 atom stereocenters. The molecule has 0 unspecified atom stereocenters. The highest BCUT2D eigenvalue weighted by atomic mass is 16.5. The highest BCUT2D eigenvalue weighted by molar-refractivity contribution is 5.91. The first-order valence-corrected chi connectivity index (χ1v) is 5.46. The Kier molecular flexibility index (Phi) is 3.86. The maximum absolute atomic E-state index is 12.1. The molecule has 1 rings (SSSR count). The van der Waals surface area contributed by atoms with Gasteiger partial charge in [0.25, 0.3) is 0 Å². The van der Waals surface area contributed by atoms with E-state index in [-0.39, 0.29) is 5.78 Å². The van der Waals surface area contributed by atoms with Gasteiger partial charge in [-0.15, -0.1) is 0 Å². The molecule has 0 amide bonds. The molecule has 0 fully saturated rings. The molecule has 2 heteroatoms. The Balaban J connectivity index is 3.17. The molecule has 15 heavy (non-hydrogen) atoms. The summed E-state index contributed by atoms with van der Waals surface area (Å²) in [6.45, 7) is 6.44. The normalized spacial score (nSPS) is 19.5. The molecule has 84 valence electrons. The van der Waals surface area contributed by atoms with Gasteiger partial charge >= 0.3 is 0 Å². The first kappa shape index (κ1) is 12.2. The van der Waals surface area contributed by atoms with Crippen molar-refractivity contribution in [3.63, 3.8) is 0 Å². The van der Waals surface area contributed by atoms with Crippen LogP contribution >= 0.6 is 0 Å². The molecule has 1 aliphatic carbocycles. The van der Waals surface area contributed by atoms with Gasteiger partial charge in [-0.2, -0.15) is 0 Å². The van der Waals surface area contributed by atoms with E-state index in [1.807, 2.05) is 20.8 Å². The van der Waals surface area contributed by atoms with Crippen LogP contribution in [0.1, 0.15) is 33.6 Å². The number of carbonyl (C=O) groups excluding carboxylic acids is 1. The number of allylic oxidation sites excluding steroid dienone is 2. The fourth-order valence-corrected chi connectivity index (χ4v) is 2.34. The minimum atomic E-state index is -0.484. The third kappa shape index (κ3) is 1.91. The summed E-state index contributed by atoms with van der Waals surface area (Å²) in [4.78, 5) is 12.1. The molecule has 0 aliphatic heterocycles. The van der Waals surface area contributed by atoms with Crippen molar-refractivity contribution in [2.24, 2.45) is 5.41 Å². The third-order valence-electron chi connectivity index (χ3n) is 3.35. The summed E-state index contributed by atoms with van der Waals surface area (Å²) < 4.78 is 5.25. The van der Waals surface area contributed by atoms with Crippen LogP contribution in [0.2, 0.25) is 0 Å². The summed E-state index contributed by atoms with van der Waals surface area (Å²) in [5.41, 5.74) is 1.79. The standard InChI is InChI=1S/C13H20O2/c1-5-12(14)13(9-15-4)10(2)7-6-8-11(13)3/h7-8H,5-6,9H2,1-4H3. The highest BCUT2D eigenvalue weighted by Gasteiger charge is 2.41. The van der Waals surface area contributed by atoms with E-state index in [4.69, 9.17) is 4.74 Å². The molecule has 0 heterocycles. The van der Waals surface area contributed by atoms with Crippen LogP contribution in [0.15, 0.2) is 23.3 Å². The number of rotatable bonds is 4. The Morgan fingerprint density at radius 3 is 2.33 bits per heavy atom. The van der Waals surface area contributed by atoms with Gasteiger partial charge in [0.05, 0.1) is 12.0 Å². The molecule has 0 aromatic heterocycles. The summed E-state index contributed by atoms with van der Waals surface area (Å²) in [7, 11) is 1.65. The van der Waals surface area contributed by atoms with Gasteiger partial charge in [-0.1, -0.05) is 30.2 Å². The van der Waals surface area contributed by atoms with Gasteiger partial charge in [-0.05, 0) is 20.3 Å². The van der Waals surface area contributed by atoms with Crippen LogP contribution in [0.3, 0.4) is 0 Å². The number of hydrogen-bond donors (Lipinski definition) is 0. The molecule has 1 aliphatic rings. The fourth-order valence-electron chi connectivity index (χ4n) is 2.34. The van der Waals surface area contributed by atoms with Crippen molar-refractivity contribution in [2.75, 3.05) is 13.7 Å². The molecule has 0 bridgehead atoms. The van der Waals surface area contributed by atoms with E-state index in [1.54, 1.807) is 7.11 Å². The smallest absolute Gasteiger partial charge is 0.149 e. The average Bonchev–Trinajstić information content (AvgIpc) is 2.23. The topological polar surface area (TPSA) is 26.3 Å². The summed E-state index contributed by atoms with van der Waals surface area (Å²) in [6, 6.07) is 0. The third-order valence-corrected chi connectivity index (χ3v) is 3.35. The van der Waals surface area contributed by atoms with Crippen molar-refractivity contribution < 1.29 is 9.53 Å². The first-order chi connectivity index (χ1) is 7.09. The monoisotopic (exact) mass is 208 g/mol. The lowest BCUT2D eigenvalue weighted by Crippen LogP contribution is -2.39. The van der Waals surface area contributed by atoms with Gasteiger partial charge in [0.2, 0.25) is 0 Å². The van der Waals surface area contributed by atoms with E-state index in [2.05, 4.69) is 12.2 Å². The number of ether oxygens (including phenoxy) is 1. The minimum Gasteiger partial charge on any atom is -0.383 e.